The Balaban J connectivity index is 1.34. The maximum absolute atomic E-state index is 13.0. The first kappa shape index (κ1) is 22.9. The fourth-order valence-corrected chi connectivity index (χ4v) is 4.06. The van der Waals surface area contributed by atoms with Crippen molar-refractivity contribution in [2.24, 2.45) is 7.05 Å². The molecular formula is C26H24F3N5O. The molecule has 1 aliphatic carbocycles. The number of anilines is 1. The molecular weight excluding hydrogens is 455 g/mol. The van der Waals surface area contributed by atoms with E-state index in [0.717, 1.165) is 17.3 Å². The Hall–Kier alpha value is -3.88. The minimum absolute atomic E-state index is 0.258. The molecule has 0 bridgehead atoms. The second kappa shape index (κ2) is 9.05. The number of benzene rings is 2. The number of aromatic nitrogens is 4. The molecule has 0 amide bonds. The molecule has 0 spiro atoms. The number of aryl methyl sites for hydroxylation is 1. The summed E-state index contributed by atoms with van der Waals surface area (Å²) >= 11 is 0. The molecule has 1 saturated carbocycles. The van der Waals surface area contributed by atoms with E-state index < -0.39 is 11.9 Å². The third-order valence-corrected chi connectivity index (χ3v) is 6.03. The summed E-state index contributed by atoms with van der Waals surface area (Å²) in [5.41, 5.74) is 2.92. The van der Waals surface area contributed by atoms with Crippen molar-refractivity contribution in [3.8, 4) is 28.5 Å². The van der Waals surface area contributed by atoms with Gasteiger partial charge < -0.3 is 14.6 Å². The van der Waals surface area contributed by atoms with Crippen LogP contribution in [0.25, 0.3) is 22.8 Å². The third kappa shape index (κ3) is 4.84. The van der Waals surface area contributed by atoms with E-state index >= 15 is 0 Å². The highest BCUT2D eigenvalue weighted by molar-refractivity contribution is 5.65. The van der Waals surface area contributed by atoms with E-state index in [1.165, 1.54) is 23.0 Å². The van der Waals surface area contributed by atoms with E-state index in [0.29, 0.717) is 35.4 Å². The van der Waals surface area contributed by atoms with Gasteiger partial charge in [-0.15, -0.1) is 0 Å². The Morgan fingerprint density at radius 2 is 1.80 bits per heavy atom. The Bertz CT molecular complexity index is 1340. The minimum Gasteiger partial charge on any atom is -0.491 e. The number of hydrogen-bond donors (Lipinski definition) is 1. The van der Waals surface area contributed by atoms with Crippen LogP contribution in [0.2, 0.25) is 0 Å². The average Bonchev–Trinajstić information content (AvgIpc) is 3.63. The number of rotatable bonds is 7. The molecule has 1 aliphatic rings. The van der Waals surface area contributed by atoms with Gasteiger partial charge in [0.05, 0.1) is 13.3 Å². The van der Waals surface area contributed by atoms with Gasteiger partial charge >= 0.3 is 6.18 Å². The topological polar surface area (TPSA) is 64.9 Å². The molecule has 0 radical (unpaired) electrons. The Labute approximate surface area is 200 Å². The predicted molar refractivity (Wildman–Crippen MR) is 127 cm³/mol. The minimum atomic E-state index is -4.48. The first-order valence-electron chi connectivity index (χ1n) is 11.3. The van der Waals surface area contributed by atoms with Gasteiger partial charge in [-0.1, -0.05) is 48.5 Å². The molecule has 0 unspecified atom stereocenters. The molecule has 2 heterocycles. The number of methoxy groups -OCH3 is 1. The molecule has 1 N–H and O–H groups in total. The van der Waals surface area contributed by atoms with Crippen molar-refractivity contribution in [2.75, 3.05) is 12.4 Å². The summed E-state index contributed by atoms with van der Waals surface area (Å²) in [6.45, 7) is 0.450. The van der Waals surface area contributed by atoms with Gasteiger partial charge in [0.15, 0.2) is 23.1 Å². The van der Waals surface area contributed by atoms with Gasteiger partial charge in [0, 0.05) is 30.9 Å². The van der Waals surface area contributed by atoms with Gasteiger partial charge in [-0.25, -0.2) is 15.0 Å². The van der Waals surface area contributed by atoms with Crippen LogP contribution in [0.15, 0.2) is 60.9 Å². The molecule has 0 saturated heterocycles. The van der Waals surface area contributed by atoms with Crippen LogP contribution >= 0.6 is 0 Å². The molecule has 35 heavy (non-hydrogen) atoms. The summed E-state index contributed by atoms with van der Waals surface area (Å²) in [6.07, 6.45) is 0.546. The van der Waals surface area contributed by atoms with Gasteiger partial charge in [0.2, 0.25) is 0 Å². The summed E-state index contributed by atoms with van der Waals surface area (Å²) in [5.74, 6) is 2.57. The molecule has 0 aliphatic heterocycles. The largest absolute Gasteiger partial charge is 0.491 e. The normalized spacial score (nSPS) is 13.6. The van der Waals surface area contributed by atoms with Crippen LogP contribution in [0.5, 0.6) is 5.75 Å². The zero-order valence-electron chi connectivity index (χ0n) is 19.3. The van der Waals surface area contributed by atoms with Crippen molar-refractivity contribution in [3.63, 3.8) is 0 Å². The van der Waals surface area contributed by atoms with Crippen molar-refractivity contribution < 1.29 is 17.9 Å². The summed E-state index contributed by atoms with van der Waals surface area (Å²) in [4.78, 5) is 13.0. The monoisotopic (exact) mass is 479 g/mol. The molecule has 2 aromatic heterocycles. The molecule has 5 rings (SSSR count). The molecule has 6 nitrogen and oxygen atoms in total. The van der Waals surface area contributed by atoms with Crippen LogP contribution in [-0.2, 0) is 19.8 Å². The van der Waals surface area contributed by atoms with Crippen LogP contribution in [0.3, 0.4) is 0 Å². The summed E-state index contributed by atoms with van der Waals surface area (Å²) < 4.78 is 45.8. The van der Waals surface area contributed by atoms with Crippen LogP contribution in [0, 0.1) is 0 Å². The standard InChI is InChI=1S/C26H24F3N5O/c1-34-15-22(26(27,28)29)32-25(34)18-9-7-16(8-10-18)13-30-24-21(35-2)14-31-23(33-24)20-6-4-3-5-19(20)17-11-12-17/h3-10,14-15,17H,11-13H2,1-2H3,(H,30,31,33). The van der Waals surface area contributed by atoms with Crippen LogP contribution in [0.1, 0.15) is 35.6 Å². The number of nitrogens with zero attached hydrogens (tertiary/aromatic N) is 4. The van der Waals surface area contributed by atoms with Gasteiger partial charge in [0.25, 0.3) is 0 Å². The lowest BCUT2D eigenvalue weighted by molar-refractivity contribution is -0.140. The van der Waals surface area contributed by atoms with E-state index in [-0.39, 0.29) is 5.82 Å². The number of hydrogen-bond acceptors (Lipinski definition) is 5. The van der Waals surface area contributed by atoms with E-state index in [1.54, 1.807) is 32.5 Å². The van der Waals surface area contributed by atoms with E-state index in [1.807, 2.05) is 30.3 Å². The number of ether oxygens (including phenoxy) is 1. The maximum Gasteiger partial charge on any atom is 0.434 e. The van der Waals surface area contributed by atoms with Gasteiger partial charge in [0.1, 0.15) is 5.82 Å². The van der Waals surface area contributed by atoms with Gasteiger partial charge in [-0.2, -0.15) is 13.2 Å². The molecule has 4 aromatic rings. The fraction of sp³-hybridized carbons (Fsp3) is 0.269. The molecule has 9 heteroatoms. The van der Waals surface area contributed by atoms with Gasteiger partial charge in [-0.05, 0) is 29.9 Å². The third-order valence-electron chi connectivity index (χ3n) is 6.03. The van der Waals surface area contributed by atoms with Gasteiger partial charge in [-0.3, -0.25) is 0 Å². The maximum atomic E-state index is 13.0. The van der Waals surface area contributed by atoms with Crippen molar-refractivity contribution in [3.05, 3.63) is 77.7 Å². The second-order valence-corrected chi connectivity index (χ2v) is 8.58. The Morgan fingerprint density at radius 3 is 2.46 bits per heavy atom. The lowest BCUT2D eigenvalue weighted by atomic mass is 10.0. The highest BCUT2D eigenvalue weighted by atomic mass is 19.4. The average molecular weight is 480 g/mol. The number of nitrogens with one attached hydrogen (secondary N) is 1. The van der Waals surface area contributed by atoms with Crippen LogP contribution < -0.4 is 10.1 Å². The first-order chi connectivity index (χ1) is 16.8. The lowest BCUT2D eigenvalue weighted by Crippen LogP contribution is -2.06. The molecule has 2 aromatic carbocycles. The highest BCUT2D eigenvalue weighted by Gasteiger charge is 2.34. The molecule has 180 valence electrons. The quantitative estimate of drug-likeness (QED) is 0.349. The fourth-order valence-electron chi connectivity index (χ4n) is 4.06. The second-order valence-electron chi connectivity index (χ2n) is 8.58. The van der Waals surface area contributed by atoms with E-state index in [2.05, 4.69) is 21.4 Å². The molecule has 1 fully saturated rings. The van der Waals surface area contributed by atoms with Crippen LogP contribution in [0.4, 0.5) is 19.0 Å². The van der Waals surface area contributed by atoms with Crippen molar-refractivity contribution >= 4 is 5.82 Å². The lowest BCUT2D eigenvalue weighted by Gasteiger charge is -2.13. The number of alkyl halides is 3. The van der Waals surface area contributed by atoms with Crippen LogP contribution in [-0.4, -0.2) is 26.6 Å². The highest BCUT2D eigenvalue weighted by Crippen LogP contribution is 2.44. The summed E-state index contributed by atoms with van der Waals surface area (Å²) in [6, 6.07) is 15.4. The smallest absolute Gasteiger partial charge is 0.434 e. The predicted octanol–water partition coefficient (Wildman–Crippen LogP) is 6.06. The zero-order chi connectivity index (χ0) is 24.6. The number of imidazole rings is 1. The Morgan fingerprint density at radius 1 is 1.06 bits per heavy atom. The first-order valence-corrected chi connectivity index (χ1v) is 11.3. The summed E-state index contributed by atoms with van der Waals surface area (Å²) in [5, 5.41) is 3.30. The summed E-state index contributed by atoms with van der Waals surface area (Å²) in [7, 11) is 3.12. The number of halogens is 3. The zero-order valence-corrected chi connectivity index (χ0v) is 19.3. The Kier molecular flexibility index (Phi) is 5.92. The van der Waals surface area contributed by atoms with E-state index in [9.17, 15) is 13.2 Å². The van der Waals surface area contributed by atoms with Crippen molar-refractivity contribution in [2.45, 2.75) is 31.5 Å². The molecule has 0 atom stereocenters. The van der Waals surface area contributed by atoms with Crippen molar-refractivity contribution in [1.82, 2.24) is 19.5 Å². The SMILES string of the molecule is COc1cnc(-c2ccccc2C2CC2)nc1NCc1ccc(-c2nc(C(F)(F)F)cn2C)cc1. The van der Waals surface area contributed by atoms with E-state index in [4.69, 9.17) is 9.72 Å². The van der Waals surface area contributed by atoms with Crippen molar-refractivity contribution in [1.29, 1.82) is 0 Å².